The van der Waals surface area contributed by atoms with Gasteiger partial charge in [-0.2, -0.15) is 0 Å². The molecule has 0 saturated heterocycles. The summed E-state index contributed by atoms with van der Waals surface area (Å²) in [5.74, 6) is 0. The molecule has 6 nitrogen and oxygen atoms in total. The van der Waals surface area contributed by atoms with Crippen LogP contribution in [0.4, 0.5) is 5.69 Å². The first-order valence-corrected chi connectivity index (χ1v) is 7.31. The molecule has 0 aliphatic heterocycles. The van der Waals surface area contributed by atoms with Crippen LogP contribution in [-0.2, 0) is 4.74 Å². The first-order valence-electron chi connectivity index (χ1n) is 7.31. The largest absolute Gasteiger partial charge is 0.387 e. The quantitative estimate of drug-likeness (QED) is 0.577. The molecule has 2 rings (SSSR count). The van der Waals surface area contributed by atoms with Gasteiger partial charge in [0.2, 0.25) is 0 Å². The summed E-state index contributed by atoms with van der Waals surface area (Å²) in [6.45, 7) is 0.732. The van der Waals surface area contributed by atoms with Crippen LogP contribution in [0, 0.1) is 10.1 Å². The molecule has 122 valence electrons. The number of nitro benzene ring substituents is 1. The fourth-order valence-electron chi connectivity index (χ4n) is 2.34. The Bertz CT molecular complexity index is 634. The summed E-state index contributed by atoms with van der Waals surface area (Å²) < 4.78 is 5.21. The monoisotopic (exact) mass is 316 g/mol. The number of nitrogens with one attached hydrogen (secondary N) is 1. The molecule has 2 aromatic carbocycles. The van der Waals surface area contributed by atoms with Crippen molar-refractivity contribution in [3.63, 3.8) is 0 Å². The van der Waals surface area contributed by atoms with Gasteiger partial charge in [-0.3, -0.25) is 10.1 Å². The van der Waals surface area contributed by atoms with E-state index >= 15 is 0 Å². The first kappa shape index (κ1) is 17.1. The molecule has 2 N–H and O–H groups in total. The Labute approximate surface area is 134 Å². The summed E-state index contributed by atoms with van der Waals surface area (Å²) >= 11 is 0. The van der Waals surface area contributed by atoms with Gasteiger partial charge < -0.3 is 15.2 Å². The zero-order chi connectivity index (χ0) is 16.7. The third-order valence-electron chi connectivity index (χ3n) is 3.56. The van der Waals surface area contributed by atoms with Crippen LogP contribution in [0.5, 0.6) is 0 Å². The molecule has 0 spiro atoms. The zero-order valence-electron chi connectivity index (χ0n) is 12.9. The molecular weight excluding hydrogens is 296 g/mol. The van der Waals surface area contributed by atoms with Crippen LogP contribution in [0.15, 0.2) is 54.6 Å². The Kier molecular flexibility index (Phi) is 6.22. The van der Waals surface area contributed by atoms with Gasteiger partial charge in [-0.1, -0.05) is 42.5 Å². The van der Waals surface area contributed by atoms with E-state index in [1.165, 1.54) is 12.1 Å². The van der Waals surface area contributed by atoms with E-state index in [0.717, 1.165) is 5.56 Å². The van der Waals surface area contributed by atoms with Crippen molar-refractivity contribution in [2.45, 2.75) is 12.1 Å². The highest BCUT2D eigenvalue weighted by atomic mass is 16.6. The van der Waals surface area contributed by atoms with Crippen LogP contribution >= 0.6 is 0 Å². The molecule has 6 heteroatoms. The normalized spacial score (nSPS) is 13.5. The van der Waals surface area contributed by atoms with Crippen molar-refractivity contribution in [1.82, 2.24) is 5.32 Å². The van der Waals surface area contributed by atoms with Gasteiger partial charge in [-0.15, -0.1) is 0 Å². The van der Waals surface area contributed by atoms with Crippen molar-refractivity contribution in [3.05, 3.63) is 75.8 Å². The summed E-state index contributed by atoms with van der Waals surface area (Å²) in [6.07, 6.45) is -0.835. The second-order valence-corrected chi connectivity index (χ2v) is 5.19. The van der Waals surface area contributed by atoms with E-state index in [1.54, 1.807) is 19.2 Å². The summed E-state index contributed by atoms with van der Waals surface area (Å²) in [5, 5.41) is 24.3. The lowest BCUT2D eigenvalue weighted by molar-refractivity contribution is -0.385. The van der Waals surface area contributed by atoms with Gasteiger partial charge in [0.1, 0.15) is 0 Å². The number of hydrogen-bond acceptors (Lipinski definition) is 5. The van der Waals surface area contributed by atoms with E-state index in [9.17, 15) is 15.2 Å². The fraction of sp³-hybridized carbons (Fsp3) is 0.294. The van der Waals surface area contributed by atoms with E-state index < -0.39 is 11.0 Å². The number of nitro groups is 1. The Hall–Kier alpha value is -2.28. The average Bonchev–Trinajstić information content (AvgIpc) is 2.59. The van der Waals surface area contributed by atoms with E-state index in [4.69, 9.17) is 4.74 Å². The van der Waals surface area contributed by atoms with Crippen molar-refractivity contribution in [2.24, 2.45) is 0 Å². The van der Waals surface area contributed by atoms with E-state index in [2.05, 4.69) is 5.32 Å². The number of aliphatic hydroxyl groups is 1. The van der Waals surface area contributed by atoms with Crippen LogP contribution < -0.4 is 5.32 Å². The highest BCUT2D eigenvalue weighted by Gasteiger charge is 2.16. The van der Waals surface area contributed by atoms with Crippen molar-refractivity contribution in [3.8, 4) is 0 Å². The Balaban J connectivity index is 2.02. The highest BCUT2D eigenvalue weighted by molar-refractivity contribution is 5.35. The zero-order valence-corrected chi connectivity index (χ0v) is 12.9. The second-order valence-electron chi connectivity index (χ2n) is 5.19. The number of nitrogens with zero attached hydrogens (tertiary/aromatic N) is 1. The molecular formula is C17H20N2O4. The van der Waals surface area contributed by atoms with Crippen LogP contribution in [0.1, 0.15) is 23.3 Å². The fourth-order valence-corrected chi connectivity index (χ4v) is 2.34. The summed E-state index contributed by atoms with van der Waals surface area (Å²) in [5.41, 5.74) is 1.54. The van der Waals surface area contributed by atoms with Gasteiger partial charge >= 0.3 is 0 Å². The number of aliphatic hydroxyl groups excluding tert-OH is 1. The number of rotatable bonds is 8. The van der Waals surface area contributed by atoms with Gasteiger partial charge in [-0.25, -0.2) is 0 Å². The highest BCUT2D eigenvalue weighted by Crippen LogP contribution is 2.20. The molecule has 0 aliphatic carbocycles. The standard InChI is InChI=1S/C17H20N2O4/c1-23-12-16(13-6-3-2-4-7-13)18-11-17(20)14-8-5-9-15(10-14)19(21)22/h2-10,16-18,20H,11-12H2,1H3. The minimum Gasteiger partial charge on any atom is -0.387 e. The van der Waals surface area contributed by atoms with Gasteiger partial charge in [0, 0.05) is 25.8 Å². The lowest BCUT2D eigenvalue weighted by Crippen LogP contribution is -2.29. The Morgan fingerprint density at radius 3 is 2.52 bits per heavy atom. The molecule has 2 aromatic rings. The predicted octanol–water partition coefficient (Wildman–Crippen LogP) is 2.61. The topological polar surface area (TPSA) is 84.6 Å². The van der Waals surface area contributed by atoms with Crippen molar-refractivity contribution in [1.29, 1.82) is 0 Å². The van der Waals surface area contributed by atoms with Crippen molar-refractivity contribution < 1.29 is 14.8 Å². The van der Waals surface area contributed by atoms with Gasteiger partial charge in [0.25, 0.3) is 5.69 Å². The molecule has 0 heterocycles. The SMILES string of the molecule is COCC(NCC(O)c1cccc([N+](=O)[O-])c1)c1ccccc1. The van der Waals surface area contributed by atoms with E-state index in [1.807, 2.05) is 30.3 Å². The second kappa shape index (κ2) is 8.38. The number of methoxy groups -OCH3 is 1. The molecule has 23 heavy (non-hydrogen) atoms. The number of hydrogen-bond donors (Lipinski definition) is 2. The number of non-ortho nitro benzene ring substituents is 1. The molecule has 0 aliphatic rings. The maximum absolute atomic E-state index is 10.8. The number of benzene rings is 2. The van der Waals surface area contributed by atoms with Gasteiger partial charge in [0.15, 0.2) is 0 Å². The molecule has 0 saturated carbocycles. The first-order chi connectivity index (χ1) is 11.1. The third kappa shape index (κ3) is 4.85. The summed E-state index contributed by atoms with van der Waals surface area (Å²) in [6, 6.07) is 15.8. The van der Waals surface area contributed by atoms with Gasteiger partial charge in [0.05, 0.1) is 23.7 Å². The molecule has 0 fully saturated rings. The van der Waals surface area contributed by atoms with Crippen molar-refractivity contribution >= 4 is 5.69 Å². The predicted molar refractivity (Wildman–Crippen MR) is 87.1 cm³/mol. The number of ether oxygens (including phenoxy) is 1. The van der Waals surface area contributed by atoms with E-state index in [0.29, 0.717) is 12.2 Å². The van der Waals surface area contributed by atoms with Crippen LogP contribution in [-0.4, -0.2) is 30.3 Å². The summed E-state index contributed by atoms with van der Waals surface area (Å²) in [4.78, 5) is 10.3. The molecule has 0 radical (unpaired) electrons. The van der Waals surface area contributed by atoms with Crippen LogP contribution in [0.3, 0.4) is 0 Å². The molecule has 0 amide bonds. The molecule has 2 unspecified atom stereocenters. The lowest BCUT2D eigenvalue weighted by Gasteiger charge is -2.20. The van der Waals surface area contributed by atoms with E-state index in [-0.39, 0.29) is 18.3 Å². The Morgan fingerprint density at radius 1 is 1.17 bits per heavy atom. The molecule has 0 aromatic heterocycles. The van der Waals surface area contributed by atoms with Crippen LogP contribution in [0.2, 0.25) is 0 Å². The maximum Gasteiger partial charge on any atom is 0.269 e. The smallest absolute Gasteiger partial charge is 0.269 e. The molecule has 2 atom stereocenters. The molecule has 0 bridgehead atoms. The minimum atomic E-state index is -0.835. The lowest BCUT2D eigenvalue weighted by atomic mass is 10.1. The van der Waals surface area contributed by atoms with Crippen LogP contribution in [0.25, 0.3) is 0 Å². The van der Waals surface area contributed by atoms with Crippen molar-refractivity contribution in [2.75, 3.05) is 20.3 Å². The minimum absolute atomic E-state index is 0.0296. The average molecular weight is 316 g/mol. The summed E-state index contributed by atoms with van der Waals surface area (Å²) in [7, 11) is 1.62. The van der Waals surface area contributed by atoms with Gasteiger partial charge in [-0.05, 0) is 11.1 Å². The Morgan fingerprint density at radius 2 is 1.87 bits per heavy atom. The maximum atomic E-state index is 10.8. The third-order valence-corrected chi connectivity index (χ3v) is 3.56.